The summed E-state index contributed by atoms with van der Waals surface area (Å²) in [5.41, 5.74) is 0.509. The highest BCUT2D eigenvalue weighted by molar-refractivity contribution is 6.29. The summed E-state index contributed by atoms with van der Waals surface area (Å²) in [5.74, 6) is -0.409. The van der Waals surface area contributed by atoms with Crippen molar-refractivity contribution in [1.29, 1.82) is 0 Å². The molecule has 1 N–H and O–H groups in total. The number of nitro benzene ring substituents is 1. The van der Waals surface area contributed by atoms with Crippen LogP contribution in [0.3, 0.4) is 0 Å². The van der Waals surface area contributed by atoms with Gasteiger partial charge in [-0.1, -0.05) is 24.2 Å². The van der Waals surface area contributed by atoms with Crippen LogP contribution < -0.4 is 5.32 Å². The maximum atomic E-state index is 11.7. The van der Waals surface area contributed by atoms with Gasteiger partial charge < -0.3 is 5.32 Å². The zero-order chi connectivity index (χ0) is 13.0. The molecule has 90 valence electrons. The Morgan fingerprint density at radius 2 is 2.24 bits per heavy atom. The van der Waals surface area contributed by atoms with Crippen molar-refractivity contribution in [2.75, 3.05) is 6.54 Å². The Morgan fingerprint density at radius 1 is 1.59 bits per heavy atom. The molecule has 0 unspecified atom stereocenters. The van der Waals surface area contributed by atoms with E-state index in [2.05, 4.69) is 11.9 Å². The van der Waals surface area contributed by atoms with E-state index >= 15 is 0 Å². The van der Waals surface area contributed by atoms with Gasteiger partial charge in [-0.05, 0) is 13.0 Å². The van der Waals surface area contributed by atoms with E-state index in [9.17, 15) is 14.9 Å². The van der Waals surface area contributed by atoms with Gasteiger partial charge in [-0.2, -0.15) is 0 Å². The van der Waals surface area contributed by atoms with E-state index < -0.39 is 10.8 Å². The standard InChI is InChI=1S/C11H11ClN2O3/c1-7(12)6-13-11(15)9-4-3-5-10(8(9)2)14(16)17/h3-5H,1,6H2,2H3,(H,13,15). The van der Waals surface area contributed by atoms with Gasteiger partial charge in [0.25, 0.3) is 11.6 Å². The van der Waals surface area contributed by atoms with Crippen molar-refractivity contribution in [3.63, 3.8) is 0 Å². The van der Waals surface area contributed by atoms with Gasteiger partial charge in [0, 0.05) is 22.2 Å². The normalized spacial score (nSPS) is 9.76. The second-order valence-electron chi connectivity index (χ2n) is 3.41. The number of nitrogens with zero attached hydrogens (tertiary/aromatic N) is 1. The van der Waals surface area contributed by atoms with Gasteiger partial charge in [0.15, 0.2) is 0 Å². The lowest BCUT2D eigenvalue weighted by molar-refractivity contribution is -0.385. The van der Waals surface area contributed by atoms with Crippen LogP contribution in [0.5, 0.6) is 0 Å². The zero-order valence-corrected chi connectivity index (χ0v) is 9.95. The molecule has 0 aromatic heterocycles. The van der Waals surface area contributed by atoms with Crippen molar-refractivity contribution >= 4 is 23.2 Å². The molecular weight excluding hydrogens is 244 g/mol. The first-order valence-corrected chi connectivity index (χ1v) is 5.16. The van der Waals surface area contributed by atoms with E-state index in [0.29, 0.717) is 10.6 Å². The van der Waals surface area contributed by atoms with Crippen molar-refractivity contribution in [1.82, 2.24) is 5.32 Å². The van der Waals surface area contributed by atoms with Crippen LogP contribution in [0, 0.1) is 17.0 Å². The van der Waals surface area contributed by atoms with Gasteiger partial charge in [-0.25, -0.2) is 0 Å². The number of nitrogens with one attached hydrogen (secondary N) is 1. The van der Waals surface area contributed by atoms with E-state index in [0.717, 1.165) is 0 Å². The Kier molecular flexibility index (Phi) is 4.23. The lowest BCUT2D eigenvalue weighted by Crippen LogP contribution is -2.25. The molecule has 0 saturated carbocycles. The number of nitro groups is 1. The van der Waals surface area contributed by atoms with Crippen LogP contribution >= 0.6 is 11.6 Å². The lowest BCUT2D eigenvalue weighted by Gasteiger charge is -2.06. The fraction of sp³-hybridized carbons (Fsp3) is 0.182. The molecule has 6 heteroatoms. The van der Waals surface area contributed by atoms with Gasteiger partial charge >= 0.3 is 0 Å². The Balaban J connectivity index is 2.98. The largest absolute Gasteiger partial charge is 0.347 e. The summed E-state index contributed by atoms with van der Waals surface area (Å²) in [6.07, 6.45) is 0. The average Bonchev–Trinajstić information content (AvgIpc) is 2.25. The number of carbonyl (C=O) groups excluding carboxylic acids is 1. The predicted molar refractivity (Wildman–Crippen MR) is 65.2 cm³/mol. The second kappa shape index (κ2) is 5.45. The van der Waals surface area contributed by atoms with E-state index in [1.807, 2.05) is 0 Å². The van der Waals surface area contributed by atoms with Gasteiger partial charge in [-0.3, -0.25) is 14.9 Å². The summed E-state index contributed by atoms with van der Waals surface area (Å²) < 4.78 is 0. The number of amides is 1. The molecule has 0 saturated heterocycles. The molecule has 0 atom stereocenters. The average molecular weight is 255 g/mol. The lowest BCUT2D eigenvalue weighted by atomic mass is 10.1. The van der Waals surface area contributed by atoms with Crippen molar-refractivity contribution in [3.8, 4) is 0 Å². The predicted octanol–water partition coefficient (Wildman–Crippen LogP) is 2.39. The van der Waals surface area contributed by atoms with Gasteiger partial charge in [0.2, 0.25) is 0 Å². The fourth-order valence-corrected chi connectivity index (χ4v) is 1.41. The highest BCUT2D eigenvalue weighted by Gasteiger charge is 2.17. The Bertz CT molecular complexity index is 486. The molecule has 0 aliphatic carbocycles. The summed E-state index contributed by atoms with van der Waals surface area (Å²) in [6.45, 7) is 5.09. The summed E-state index contributed by atoms with van der Waals surface area (Å²) in [4.78, 5) is 21.9. The first-order valence-electron chi connectivity index (χ1n) is 4.79. The summed E-state index contributed by atoms with van der Waals surface area (Å²) in [6, 6.07) is 4.34. The Hall–Kier alpha value is -1.88. The molecule has 0 radical (unpaired) electrons. The van der Waals surface area contributed by atoms with Crippen molar-refractivity contribution in [2.24, 2.45) is 0 Å². The topological polar surface area (TPSA) is 72.2 Å². The quantitative estimate of drug-likeness (QED) is 0.662. The van der Waals surface area contributed by atoms with Crippen molar-refractivity contribution < 1.29 is 9.72 Å². The highest BCUT2D eigenvalue weighted by Crippen LogP contribution is 2.20. The number of hydrogen-bond donors (Lipinski definition) is 1. The summed E-state index contributed by atoms with van der Waals surface area (Å²) in [7, 11) is 0. The second-order valence-corrected chi connectivity index (χ2v) is 3.94. The van der Waals surface area contributed by atoms with E-state index in [-0.39, 0.29) is 17.8 Å². The minimum absolute atomic E-state index is 0.0812. The molecule has 0 aliphatic rings. The fourth-order valence-electron chi connectivity index (χ4n) is 1.34. The van der Waals surface area contributed by atoms with Crippen molar-refractivity contribution in [2.45, 2.75) is 6.92 Å². The van der Waals surface area contributed by atoms with Crippen LogP contribution in [0.1, 0.15) is 15.9 Å². The van der Waals surface area contributed by atoms with Crippen LogP contribution in [0.25, 0.3) is 0 Å². The van der Waals surface area contributed by atoms with Gasteiger partial charge in [-0.15, -0.1) is 0 Å². The minimum atomic E-state index is -0.521. The number of hydrogen-bond acceptors (Lipinski definition) is 3. The van der Waals surface area contributed by atoms with Crippen LogP contribution in [0.4, 0.5) is 5.69 Å². The molecule has 0 fully saturated rings. The van der Waals surface area contributed by atoms with Gasteiger partial charge in [0.05, 0.1) is 11.5 Å². The van der Waals surface area contributed by atoms with Crippen LogP contribution in [-0.2, 0) is 0 Å². The third kappa shape index (κ3) is 3.29. The third-order valence-corrected chi connectivity index (χ3v) is 2.32. The number of benzene rings is 1. The first kappa shape index (κ1) is 13.2. The van der Waals surface area contributed by atoms with Gasteiger partial charge in [0.1, 0.15) is 0 Å². The Labute approximate surface area is 103 Å². The number of halogens is 1. The molecule has 0 spiro atoms. The molecule has 1 aromatic rings. The first-order chi connectivity index (χ1) is 7.93. The van der Waals surface area contributed by atoms with E-state index in [1.54, 1.807) is 0 Å². The zero-order valence-electron chi connectivity index (χ0n) is 9.20. The van der Waals surface area contributed by atoms with Crippen molar-refractivity contribution in [3.05, 3.63) is 51.1 Å². The molecule has 0 heterocycles. The van der Waals surface area contributed by atoms with E-state index in [1.165, 1.54) is 25.1 Å². The number of carbonyl (C=O) groups is 1. The molecule has 0 bridgehead atoms. The smallest absolute Gasteiger partial charge is 0.273 e. The molecule has 1 aromatic carbocycles. The molecule has 0 aliphatic heterocycles. The van der Waals surface area contributed by atoms with Crippen LogP contribution in [-0.4, -0.2) is 17.4 Å². The monoisotopic (exact) mass is 254 g/mol. The van der Waals surface area contributed by atoms with E-state index in [4.69, 9.17) is 11.6 Å². The molecule has 1 amide bonds. The molecular formula is C11H11ClN2O3. The number of rotatable bonds is 4. The Morgan fingerprint density at radius 3 is 2.76 bits per heavy atom. The molecule has 1 rings (SSSR count). The maximum absolute atomic E-state index is 11.7. The van der Waals surface area contributed by atoms with Crippen LogP contribution in [0.2, 0.25) is 0 Å². The highest BCUT2D eigenvalue weighted by atomic mass is 35.5. The third-order valence-electron chi connectivity index (χ3n) is 2.19. The summed E-state index contributed by atoms with van der Waals surface area (Å²) in [5, 5.41) is 13.5. The molecule has 5 nitrogen and oxygen atoms in total. The maximum Gasteiger partial charge on any atom is 0.273 e. The van der Waals surface area contributed by atoms with Crippen LogP contribution in [0.15, 0.2) is 29.8 Å². The SMILES string of the molecule is C=C(Cl)CNC(=O)c1cccc([N+](=O)[O-])c1C. The minimum Gasteiger partial charge on any atom is -0.347 e. The summed E-state index contributed by atoms with van der Waals surface area (Å²) >= 11 is 5.51. The molecule has 17 heavy (non-hydrogen) atoms.